The van der Waals surface area contributed by atoms with Crippen LogP contribution in [-0.4, -0.2) is 26.8 Å². The van der Waals surface area contributed by atoms with Crippen LogP contribution in [0, 0.1) is 0 Å². The fourth-order valence-corrected chi connectivity index (χ4v) is 3.29. The predicted octanol–water partition coefficient (Wildman–Crippen LogP) is 4.08. The van der Waals surface area contributed by atoms with E-state index >= 15 is 0 Å². The first-order valence-electron chi connectivity index (χ1n) is 8.69. The first-order valence-corrected chi connectivity index (χ1v) is 9.68. The maximum absolute atomic E-state index is 12.9. The Kier molecular flexibility index (Phi) is 6.44. The highest BCUT2D eigenvalue weighted by molar-refractivity contribution is 7.99. The number of para-hydroxylation sites is 1. The summed E-state index contributed by atoms with van der Waals surface area (Å²) >= 11 is 1.36. The molecule has 0 radical (unpaired) electrons. The van der Waals surface area contributed by atoms with Gasteiger partial charge in [-0.3, -0.25) is 9.89 Å². The molecule has 1 aromatic heterocycles. The van der Waals surface area contributed by atoms with Crippen molar-refractivity contribution in [3.05, 3.63) is 72.1 Å². The number of aromatic nitrogens is 3. The van der Waals surface area contributed by atoms with Crippen LogP contribution in [0.15, 0.2) is 65.8 Å². The Morgan fingerprint density at radius 3 is 2.46 bits per heavy atom. The van der Waals surface area contributed by atoms with Crippen LogP contribution in [0.1, 0.15) is 24.7 Å². The molecule has 6 heteroatoms. The zero-order valence-corrected chi connectivity index (χ0v) is 15.6. The predicted molar refractivity (Wildman–Crippen MR) is 105 cm³/mol. The minimum Gasteiger partial charge on any atom is -0.307 e. The second-order valence-corrected chi connectivity index (χ2v) is 6.85. The molecule has 0 atom stereocenters. The summed E-state index contributed by atoms with van der Waals surface area (Å²) in [5.74, 6) is 1.20. The van der Waals surface area contributed by atoms with Gasteiger partial charge in [0.05, 0.1) is 12.3 Å². The van der Waals surface area contributed by atoms with E-state index < -0.39 is 0 Å². The van der Waals surface area contributed by atoms with Gasteiger partial charge in [-0.2, -0.15) is 0 Å². The highest BCUT2D eigenvalue weighted by Gasteiger charge is 2.17. The molecule has 0 fully saturated rings. The zero-order valence-electron chi connectivity index (χ0n) is 14.8. The van der Waals surface area contributed by atoms with E-state index in [-0.39, 0.29) is 5.91 Å². The van der Waals surface area contributed by atoms with Crippen LogP contribution in [0.5, 0.6) is 0 Å². The molecule has 0 bridgehead atoms. The first kappa shape index (κ1) is 18.2. The quantitative estimate of drug-likeness (QED) is 0.610. The number of aromatic amines is 1. The molecule has 0 saturated heterocycles. The normalized spacial score (nSPS) is 10.7. The number of hydrogen-bond donors (Lipinski definition) is 1. The summed E-state index contributed by atoms with van der Waals surface area (Å²) in [7, 11) is 0. The van der Waals surface area contributed by atoms with Crippen molar-refractivity contribution >= 4 is 23.4 Å². The molecule has 1 N–H and O–H groups in total. The number of rotatable bonds is 8. The molecular formula is C20H22N4OS. The number of amides is 1. The summed E-state index contributed by atoms with van der Waals surface area (Å²) in [6.07, 6.45) is 1.88. The van der Waals surface area contributed by atoms with Gasteiger partial charge in [0, 0.05) is 12.1 Å². The minimum absolute atomic E-state index is 0.0342. The summed E-state index contributed by atoms with van der Waals surface area (Å²) in [6.45, 7) is 2.64. The van der Waals surface area contributed by atoms with Gasteiger partial charge in [0.15, 0.2) is 0 Å². The fraction of sp³-hybridized carbons (Fsp3) is 0.250. The van der Waals surface area contributed by atoms with Gasteiger partial charge in [0.1, 0.15) is 5.82 Å². The Bertz CT molecular complexity index is 820. The van der Waals surface area contributed by atoms with Crippen LogP contribution in [0.2, 0.25) is 0 Å². The first-order chi connectivity index (χ1) is 12.8. The van der Waals surface area contributed by atoms with Gasteiger partial charge in [0.25, 0.3) is 0 Å². The molecule has 0 spiro atoms. The number of carbonyl (C=O) groups excluding carboxylic acids is 1. The summed E-state index contributed by atoms with van der Waals surface area (Å²) < 4.78 is 0. The Balaban J connectivity index is 1.70. The van der Waals surface area contributed by atoms with Crippen molar-refractivity contribution in [2.75, 3.05) is 10.7 Å². The number of nitrogens with zero attached hydrogens (tertiary/aromatic N) is 3. The van der Waals surface area contributed by atoms with E-state index in [1.54, 1.807) is 0 Å². The second kappa shape index (κ2) is 9.20. The number of hydrogen-bond acceptors (Lipinski definition) is 4. The molecule has 3 aromatic rings. The average Bonchev–Trinajstić information content (AvgIpc) is 3.13. The SMILES string of the molecule is CCCc1nc(SCC(=O)N(Cc2ccccc2)c2ccccc2)n[nH]1. The molecule has 3 rings (SSSR count). The number of aryl methyl sites for hydroxylation is 1. The van der Waals surface area contributed by atoms with Crippen molar-refractivity contribution in [2.45, 2.75) is 31.5 Å². The second-order valence-electron chi connectivity index (χ2n) is 5.90. The number of anilines is 1. The Labute approximate surface area is 157 Å². The molecule has 0 aliphatic rings. The van der Waals surface area contributed by atoms with Crippen LogP contribution < -0.4 is 4.90 Å². The van der Waals surface area contributed by atoms with E-state index in [2.05, 4.69) is 22.1 Å². The fourth-order valence-electron chi connectivity index (χ4n) is 2.59. The summed E-state index contributed by atoms with van der Waals surface area (Å²) in [4.78, 5) is 19.1. The molecule has 2 aromatic carbocycles. The lowest BCUT2D eigenvalue weighted by molar-refractivity contribution is -0.116. The average molecular weight is 366 g/mol. The van der Waals surface area contributed by atoms with Crippen molar-refractivity contribution in [3.8, 4) is 0 Å². The highest BCUT2D eigenvalue weighted by atomic mass is 32.2. The lowest BCUT2D eigenvalue weighted by Crippen LogP contribution is -2.31. The Morgan fingerprint density at radius 2 is 1.77 bits per heavy atom. The van der Waals surface area contributed by atoms with Gasteiger partial charge < -0.3 is 4.90 Å². The molecule has 26 heavy (non-hydrogen) atoms. The van der Waals surface area contributed by atoms with Gasteiger partial charge in [-0.25, -0.2) is 4.98 Å². The molecule has 1 amide bonds. The summed E-state index contributed by atoms with van der Waals surface area (Å²) in [5, 5.41) is 7.72. The van der Waals surface area contributed by atoms with E-state index in [4.69, 9.17) is 0 Å². The molecule has 134 valence electrons. The summed E-state index contributed by atoms with van der Waals surface area (Å²) in [5.41, 5.74) is 1.99. The molecule has 0 saturated carbocycles. The molecule has 1 heterocycles. The maximum Gasteiger partial charge on any atom is 0.237 e. The van der Waals surface area contributed by atoms with E-state index in [9.17, 15) is 4.79 Å². The van der Waals surface area contributed by atoms with Crippen molar-refractivity contribution in [3.63, 3.8) is 0 Å². The standard InChI is InChI=1S/C20H22N4OS/c1-2-9-18-21-20(23-22-18)26-15-19(25)24(17-12-7-4-8-13-17)14-16-10-5-3-6-11-16/h3-8,10-13H,2,9,14-15H2,1H3,(H,21,22,23). The smallest absolute Gasteiger partial charge is 0.237 e. The topological polar surface area (TPSA) is 61.9 Å². The number of H-pyrrole nitrogens is 1. The largest absolute Gasteiger partial charge is 0.307 e. The molecule has 5 nitrogen and oxygen atoms in total. The van der Waals surface area contributed by atoms with Gasteiger partial charge in [-0.05, 0) is 24.1 Å². The Hall–Kier alpha value is -2.60. The van der Waals surface area contributed by atoms with Crippen molar-refractivity contribution in [1.82, 2.24) is 15.2 Å². The van der Waals surface area contributed by atoms with Crippen LogP contribution in [-0.2, 0) is 17.8 Å². The lowest BCUT2D eigenvalue weighted by atomic mass is 10.2. The van der Waals surface area contributed by atoms with Crippen LogP contribution in [0.3, 0.4) is 0 Å². The molecule has 0 unspecified atom stereocenters. The van der Waals surface area contributed by atoms with E-state index in [0.717, 1.165) is 29.9 Å². The van der Waals surface area contributed by atoms with E-state index in [1.807, 2.05) is 65.6 Å². The van der Waals surface area contributed by atoms with E-state index in [0.29, 0.717) is 17.5 Å². The van der Waals surface area contributed by atoms with Gasteiger partial charge in [-0.15, -0.1) is 5.10 Å². The third-order valence-electron chi connectivity index (χ3n) is 3.88. The highest BCUT2D eigenvalue weighted by Crippen LogP contribution is 2.20. The van der Waals surface area contributed by atoms with Crippen molar-refractivity contribution < 1.29 is 4.79 Å². The molecular weight excluding hydrogens is 344 g/mol. The lowest BCUT2D eigenvalue weighted by Gasteiger charge is -2.22. The van der Waals surface area contributed by atoms with Crippen LogP contribution >= 0.6 is 11.8 Å². The van der Waals surface area contributed by atoms with Crippen LogP contribution in [0.4, 0.5) is 5.69 Å². The van der Waals surface area contributed by atoms with Crippen molar-refractivity contribution in [1.29, 1.82) is 0 Å². The number of carbonyl (C=O) groups is 1. The molecule has 0 aliphatic heterocycles. The summed E-state index contributed by atoms with van der Waals surface area (Å²) in [6, 6.07) is 19.8. The Morgan fingerprint density at radius 1 is 1.08 bits per heavy atom. The van der Waals surface area contributed by atoms with Gasteiger partial charge in [-0.1, -0.05) is 67.2 Å². The third kappa shape index (κ3) is 4.95. The number of thioether (sulfide) groups is 1. The number of nitrogens with one attached hydrogen (secondary N) is 1. The van der Waals surface area contributed by atoms with E-state index in [1.165, 1.54) is 11.8 Å². The number of benzene rings is 2. The monoisotopic (exact) mass is 366 g/mol. The molecule has 0 aliphatic carbocycles. The zero-order chi connectivity index (χ0) is 18.2. The van der Waals surface area contributed by atoms with Crippen molar-refractivity contribution in [2.24, 2.45) is 0 Å². The third-order valence-corrected chi connectivity index (χ3v) is 4.71. The minimum atomic E-state index is 0.0342. The van der Waals surface area contributed by atoms with Crippen LogP contribution in [0.25, 0.3) is 0 Å². The maximum atomic E-state index is 12.9. The van der Waals surface area contributed by atoms with Gasteiger partial charge >= 0.3 is 0 Å². The van der Waals surface area contributed by atoms with Gasteiger partial charge in [0.2, 0.25) is 11.1 Å².